The summed E-state index contributed by atoms with van der Waals surface area (Å²) in [4.78, 5) is 14.7. The smallest absolute Gasteiger partial charge is 0.274 e. The molecular formula is C20H23N5O. The maximum Gasteiger partial charge on any atom is 0.274 e. The number of rotatable bonds is 4. The average molecular weight is 349 g/mol. The molecule has 26 heavy (non-hydrogen) atoms. The minimum Gasteiger partial charge on any atom is -0.337 e. The second-order valence-electron chi connectivity index (χ2n) is 6.72. The molecule has 1 aliphatic heterocycles. The lowest BCUT2D eigenvalue weighted by molar-refractivity contribution is 0.0699. The molecule has 6 heteroatoms. The highest BCUT2D eigenvalue weighted by Gasteiger charge is 2.27. The molecule has 1 saturated heterocycles. The molecule has 1 amide bonds. The third-order valence-electron chi connectivity index (χ3n) is 5.00. The summed E-state index contributed by atoms with van der Waals surface area (Å²) >= 11 is 0. The molecular weight excluding hydrogens is 326 g/mol. The molecule has 3 aromatic rings. The highest BCUT2D eigenvalue weighted by atomic mass is 16.2. The van der Waals surface area contributed by atoms with Gasteiger partial charge in [0.05, 0.1) is 5.69 Å². The number of carbonyl (C=O) groups excluding carboxylic acids is 1. The Morgan fingerprint density at radius 3 is 2.88 bits per heavy atom. The van der Waals surface area contributed by atoms with E-state index in [-0.39, 0.29) is 11.8 Å². The van der Waals surface area contributed by atoms with Gasteiger partial charge in [-0.2, -0.15) is 10.2 Å². The SMILES string of the molecule is CCn1ccc(C(=O)N2CCCC(c3cc(-c4ccccc4)n[nH]3)C2)n1. The number of piperidine rings is 1. The van der Waals surface area contributed by atoms with E-state index in [2.05, 4.69) is 33.5 Å². The van der Waals surface area contributed by atoms with Crippen molar-refractivity contribution in [2.75, 3.05) is 13.1 Å². The summed E-state index contributed by atoms with van der Waals surface area (Å²) in [5.41, 5.74) is 3.68. The Balaban J connectivity index is 1.48. The molecule has 1 N–H and O–H groups in total. The predicted molar refractivity (Wildman–Crippen MR) is 99.8 cm³/mol. The molecule has 2 aromatic heterocycles. The Morgan fingerprint density at radius 1 is 1.27 bits per heavy atom. The minimum atomic E-state index is 0.0182. The van der Waals surface area contributed by atoms with E-state index in [9.17, 15) is 4.79 Å². The van der Waals surface area contributed by atoms with Crippen molar-refractivity contribution in [2.45, 2.75) is 32.2 Å². The van der Waals surface area contributed by atoms with Crippen molar-refractivity contribution in [3.05, 3.63) is 60.0 Å². The van der Waals surface area contributed by atoms with E-state index in [1.54, 1.807) is 10.7 Å². The first-order chi connectivity index (χ1) is 12.7. The number of hydrogen-bond acceptors (Lipinski definition) is 3. The standard InChI is InChI=1S/C20H23N5O/c1-2-25-12-10-17(23-25)20(26)24-11-6-9-16(14-24)19-13-18(21-22-19)15-7-4-3-5-8-15/h3-5,7-8,10,12-13,16H,2,6,9,11,14H2,1H3,(H,21,22). The van der Waals surface area contributed by atoms with Crippen LogP contribution < -0.4 is 0 Å². The third kappa shape index (κ3) is 3.27. The number of H-pyrrole nitrogens is 1. The van der Waals surface area contributed by atoms with E-state index in [0.717, 1.165) is 42.9 Å². The topological polar surface area (TPSA) is 66.8 Å². The maximum absolute atomic E-state index is 12.8. The van der Waals surface area contributed by atoms with Gasteiger partial charge < -0.3 is 4.90 Å². The van der Waals surface area contributed by atoms with Gasteiger partial charge in [0.2, 0.25) is 0 Å². The fraction of sp³-hybridized carbons (Fsp3) is 0.350. The van der Waals surface area contributed by atoms with Crippen LogP contribution in [0.2, 0.25) is 0 Å². The number of amides is 1. The molecule has 4 rings (SSSR count). The van der Waals surface area contributed by atoms with Crippen molar-refractivity contribution in [1.82, 2.24) is 24.9 Å². The van der Waals surface area contributed by atoms with Crippen LogP contribution in [0.3, 0.4) is 0 Å². The van der Waals surface area contributed by atoms with Crippen molar-refractivity contribution >= 4 is 5.91 Å². The average Bonchev–Trinajstić information content (AvgIpc) is 3.38. The van der Waals surface area contributed by atoms with Gasteiger partial charge in [-0.3, -0.25) is 14.6 Å². The Morgan fingerprint density at radius 2 is 2.12 bits per heavy atom. The third-order valence-corrected chi connectivity index (χ3v) is 5.00. The highest BCUT2D eigenvalue weighted by Crippen LogP contribution is 2.29. The van der Waals surface area contributed by atoms with Gasteiger partial charge in [-0.15, -0.1) is 0 Å². The molecule has 6 nitrogen and oxygen atoms in total. The summed E-state index contributed by atoms with van der Waals surface area (Å²) in [7, 11) is 0. The number of aromatic amines is 1. The van der Waals surface area contributed by atoms with Crippen molar-refractivity contribution in [3.63, 3.8) is 0 Å². The van der Waals surface area contributed by atoms with Gasteiger partial charge in [0.1, 0.15) is 5.69 Å². The zero-order valence-electron chi connectivity index (χ0n) is 14.9. The number of nitrogens with one attached hydrogen (secondary N) is 1. The molecule has 134 valence electrons. The normalized spacial score (nSPS) is 17.4. The largest absolute Gasteiger partial charge is 0.337 e. The Kier molecular flexibility index (Phi) is 4.56. The Labute approximate surface area is 152 Å². The van der Waals surface area contributed by atoms with Crippen LogP contribution in [0.5, 0.6) is 0 Å². The number of aromatic nitrogens is 4. The van der Waals surface area contributed by atoms with Crippen LogP contribution in [0.25, 0.3) is 11.3 Å². The zero-order chi connectivity index (χ0) is 17.9. The first-order valence-corrected chi connectivity index (χ1v) is 9.18. The van der Waals surface area contributed by atoms with E-state index in [1.165, 1.54) is 0 Å². The number of nitrogens with zero attached hydrogens (tertiary/aromatic N) is 4. The lowest BCUT2D eigenvalue weighted by atomic mass is 9.94. The van der Waals surface area contributed by atoms with E-state index in [4.69, 9.17) is 0 Å². The first kappa shape index (κ1) is 16.6. The van der Waals surface area contributed by atoms with Crippen LogP contribution in [0.1, 0.15) is 41.9 Å². The van der Waals surface area contributed by atoms with Crippen molar-refractivity contribution < 1.29 is 4.79 Å². The number of likely N-dealkylation sites (tertiary alicyclic amines) is 1. The molecule has 1 fully saturated rings. The summed E-state index contributed by atoms with van der Waals surface area (Å²) in [6.45, 7) is 4.27. The molecule has 1 aromatic carbocycles. The first-order valence-electron chi connectivity index (χ1n) is 9.18. The summed E-state index contributed by atoms with van der Waals surface area (Å²) in [5.74, 6) is 0.302. The van der Waals surface area contributed by atoms with Gasteiger partial charge in [0.25, 0.3) is 5.91 Å². The molecule has 0 aliphatic carbocycles. The highest BCUT2D eigenvalue weighted by molar-refractivity contribution is 5.92. The number of benzene rings is 1. The quantitative estimate of drug-likeness (QED) is 0.786. The Bertz CT molecular complexity index is 883. The van der Waals surface area contributed by atoms with Gasteiger partial charge >= 0.3 is 0 Å². The van der Waals surface area contributed by atoms with E-state index in [0.29, 0.717) is 12.2 Å². The van der Waals surface area contributed by atoms with Crippen molar-refractivity contribution in [3.8, 4) is 11.3 Å². The van der Waals surface area contributed by atoms with Gasteiger partial charge in [-0.1, -0.05) is 30.3 Å². The molecule has 1 unspecified atom stereocenters. The predicted octanol–water partition coefficient (Wildman–Crippen LogP) is 3.31. The number of aryl methyl sites for hydroxylation is 1. The zero-order valence-corrected chi connectivity index (χ0v) is 14.9. The summed E-state index contributed by atoms with van der Waals surface area (Å²) in [5, 5.41) is 12.0. The fourth-order valence-electron chi connectivity index (χ4n) is 3.53. The monoisotopic (exact) mass is 349 g/mol. The molecule has 0 bridgehead atoms. The summed E-state index contributed by atoms with van der Waals surface area (Å²) in [6.07, 6.45) is 3.91. The van der Waals surface area contributed by atoms with Crippen molar-refractivity contribution in [2.24, 2.45) is 0 Å². The number of carbonyl (C=O) groups is 1. The summed E-state index contributed by atoms with van der Waals surface area (Å²) in [6, 6.07) is 14.1. The second-order valence-corrected chi connectivity index (χ2v) is 6.72. The fourth-order valence-corrected chi connectivity index (χ4v) is 3.53. The van der Waals surface area contributed by atoms with Crippen LogP contribution in [0.15, 0.2) is 48.7 Å². The van der Waals surface area contributed by atoms with Crippen molar-refractivity contribution in [1.29, 1.82) is 0 Å². The van der Waals surface area contributed by atoms with Gasteiger partial charge in [0, 0.05) is 43.0 Å². The van der Waals surface area contributed by atoms with Crippen LogP contribution in [-0.2, 0) is 6.54 Å². The second kappa shape index (κ2) is 7.15. The van der Waals surface area contributed by atoms with E-state index >= 15 is 0 Å². The molecule has 0 radical (unpaired) electrons. The Hall–Kier alpha value is -2.89. The lowest BCUT2D eigenvalue weighted by Crippen LogP contribution is -2.39. The van der Waals surface area contributed by atoms with Gasteiger partial charge in [-0.05, 0) is 31.9 Å². The van der Waals surface area contributed by atoms with E-state index in [1.807, 2.05) is 36.2 Å². The van der Waals surface area contributed by atoms with Crippen LogP contribution in [-0.4, -0.2) is 43.9 Å². The number of hydrogen-bond donors (Lipinski definition) is 1. The van der Waals surface area contributed by atoms with Crippen LogP contribution >= 0.6 is 0 Å². The van der Waals surface area contributed by atoms with Crippen LogP contribution in [0.4, 0.5) is 0 Å². The molecule has 0 saturated carbocycles. The maximum atomic E-state index is 12.8. The van der Waals surface area contributed by atoms with Gasteiger partial charge in [-0.25, -0.2) is 0 Å². The van der Waals surface area contributed by atoms with Gasteiger partial charge in [0.15, 0.2) is 0 Å². The molecule has 3 heterocycles. The summed E-state index contributed by atoms with van der Waals surface area (Å²) < 4.78 is 1.79. The minimum absolute atomic E-state index is 0.0182. The molecule has 1 aliphatic rings. The molecule has 0 spiro atoms. The van der Waals surface area contributed by atoms with Crippen LogP contribution in [0, 0.1) is 0 Å². The molecule has 1 atom stereocenters. The lowest BCUT2D eigenvalue weighted by Gasteiger charge is -2.31. The van der Waals surface area contributed by atoms with E-state index < -0.39 is 0 Å².